The Morgan fingerprint density at radius 3 is 2.65 bits per heavy atom. The highest BCUT2D eigenvalue weighted by Gasteiger charge is 2.28. The zero-order valence-corrected chi connectivity index (χ0v) is 12.1. The standard InChI is InChI=1S/C13H24F3N3O/c1-10(2)19(7-11-4-3-5-17-6-11)8-12(20)18-9-13(14,15)16/h10-11,17H,3-9H2,1-2H3,(H,18,20). The van der Waals surface area contributed by atoms with Crippen LogP contribution in [-0.2, 0) is 4.79 Å². The summed E-state index contributed by atoms with van der Waals surface area (Å²) < 4.78 is 36.1. The van der Waals surface area contributed by atoms with Gasteiger partial charge in [0.25, 0.3) is 0 Å². The van der Waals surface area contributed by atoms with Gasteiger partial charge >= 0.3 is 6.18 Å². The van der Waals surface area contributed by atoms with Crippen LogP contribution in [0, 0.1) is 5.92 Å². The van der Waals surface area contributed by atoms with Crippen molar-refractivity contribution in [2.45, 2.75) is 38.9 Å². The quantitative estimate of drug-likeness (QED) is 0.778. The van der Waals surface area contributed by atoms with Crippen LogP contribution in [0.3, 0.4) is 0 Å². The Hall–Kier alpha value is -0.820. The minimum absolute atomic E-state index is 0.0181. The van der Waals surface area contributed by atoms with E-state index < -0.39 is 18.6 Å². The van der Waals surface area contributed by atoms with Crippen molar-refractivity contribution in [3.05, 3.63) is 0 Å². The largest absolute Gasteiger partial charge is 0.405 e. The first-order valence-corrected chi connectivity index (χ1v) is 7.06. The Labute approximate surface area is 118 Å². The molecule has 4 nitrogen and oxygen atoms in total. The van der Waals surface area contributed by atoms with Crippen LogP contribution in [0.2, 0.25) is 0 Å². The third kappa shape index (κ3) is 7.09. The van der Waals surface area contributed by atoms with Gasteiger partial charge in [0.1, 0.15) is 6.54 Å². The summed E-state index contributed by atoms with van der Waals surface area (Å²) >= 11 is 0. The molecule has 0 aromatic heterocycles. The Kier molecular flexibility index (Phi) is 6.75. The van der Waals surface area contributed by atoms with Gasteiger partial charge in [-0.3, -0.25) is 9.69 Å². The molecule has 1 rings (SSSR count). The molecule has 0 bridgehead atoms. The normalized spacial score (nSPS) is 20.4. The molecule has 2 N–H and O–H groups in total. The second-order valence-corrected chi connectivity index (χ2v) is 5.63. The molecule has 7 heteroatoms. The fourth-order valence-corrected chi connectivity index (χ4v) is 2.31. The second-order valence-electron chi connectivity index (χ2n) is 5.63. The number of alkyl halides is 3. The van der Waals surface area contributed by atoms with Gasteiger partial charge < -0.3 is 10.6 Å². The molecule has 20 heavy (non-hydrogen) atoms. The topological polar surface area (TPSA) is 44.4 Å². The number of nitrogens with zero attached hydrogens (tertiary/aromatic N) is 1. The van der Waals surface area contributed by atoms with Crippen LogP contribution in [0.25, 0.3) is 0 Å². The van der Waals surface area contributed by atoms with E-state index in [0.717, 1.165) is 32.5 Å². The van der Waals surface area contributed by atoms with E-state index >= 15 is 0 Å². The van der Waals surface area contributed by atoms with Crippen LogP contribution in [0.5, 0.6) is 0 Å². The lowest BCUT2D eigenvalue weighted by molar-refractivity contribution is -0.139. The maximum absolute atomic E-state index is 12.0. The molecular weight excluding hydrogens is 271 g/mol. The van der Waals surface area contributed by atoms with E-state index in [-0.39, 0.29) is 12.6 Å². The van der Waals surface area contributed by atoms with Gasteiger partial charge in [-0.1, -0.05) is 0 Å². The second kappa shape index (κ2) is 7.83. The monoisotopic (exact) mass is 295 g/mol. The van der Waals surface area contributed by atoms with Gasteiger partial charge in [0.15, 0.2) is 0 Å². The average molecular weight is 295 g/mol. The number of amides is 1. The van der Waals surface area contributed by atoms with Crippen molar-refractivity contribution >= 4 is 5.91 Å². The number of nitrogens with one attached hydrogen (secondary N) is 2. The lowest BCUT2D eigenvalue weighted by Gasteiger charge is -2.32. The average Bonchev–Trinajstić information content (AvgIpc) is 2.36. The molecule has 118 valence electrons. The molecule has 1 saturated heterocycles. The first kappa shape index (κ1) is 17.2. The van der Waals surface area contributed by atoms with E-state index in [9.17, 15) is 18.0 Å². The van der Waals surface area contributed by atoms with Gasteiger partial charge in [0.2, 0.25) is 5.91 Å². The van der Waals surface area contributed by atoms with E-state index in [1.165, 1.54) is 0 Å². The van der Waals surface area contributed by atoms with Gasteiger partial charge in [0, 0.05) is 12.6 Å². The van der Waals surface area contributed by atoms with Crippen LogP contribution in [0.1, 0.15) is 26.7 Å². The highest BCUT2D eigenvalue weighted by Crippen LogP contribution is 2.14. The van der Waals surface area contributed by atoms with Crippen molar-refractivity contribution in [1.82, 2.24) is 15.5 Å². The molecule has 0 aromatic rings. The Morgan fingerprint density at radius 1 is 1.45 bits per heavy atom. The molecule has 1 aliphatic rings. The minimum Gasteiger partial charge on any atom is -0.346 e. The van der Waals surface area contributed by atoms with Crippen LogP contribution in [0.4, 0.5) is 13.2 Å². The van der Waals surface area contributed by atoms with E-state index in [2.05, 4.69) is 5.32 Å². The third-order valence-corrected chi connectivity index (χ3v) is 3.45. The lowest BCUT2D eigenvalue weighted by atomic mass is 9.98. The first-order chi connectivity index (χ1) is 9.28. The predicted molar refractivity (Wildman–Crippen MR) is 71.4 cm³/mol. The fraction of sp³-hybridized carbons (Fsp3) is 0.923. The number of halogens is 3. The maximum Gasteiger partial charge on any atom is 0.405 e. The fourth-order valence-electron chi connectivity index (χ4n) is 2.31. The van der Waals surface area contributed by atoms with E-state index in [1.54, 1.807) is 0 Å². The summed E-state index contributed by atoms with van der Waals surface area (Å²) in [5.74, 6) is -0.110. The van der Waals surface area contributed by atoms with Gasteiger partial charge in [-0.15, -0.1) is 0 Å². The summed E-state index contributed by atoms with van der Waals surface area (Å²) in [5, 5.41) is 5.23. The van der Waals surface area contributed by atoms with Crippen molar-refractivity contribution < 1.29 is 18.0 Å². The number of rotatable bonds is 6. The smallest absolute Gasteiger partial charge is 0.346 e. The molecule has 0 aliphatic carbocycles. The van der Waals surface area contributed by atoms with Gasteiger partial charge in [0.05, 0.1) is 6.54 Å². The summed E-state index contributed by atoms with van der Waals surface area (Å²) in [6.45, 7) is 5.33. The Balaban J connectivity index is 2.39. The summed E-state index contributed by atoms with van der Waals surface area (Å²) in [6, 6.07) is 0.133. The van der Waals surface area contributed by atoms with Crippen LogP contribution in [-0.4, -0.2) is 55.7 Å². The summed E-state index contributed by atoms with van der Waals surface area (Å²) in [7, 11) is 0. The zero-order valence-electron chi connectivity index (χ0n) is 12.1. The van der Waals surface area contributed by atoms with Crippen molar-refractivity contribution in [2.24, 2.45) is 5.92 Å². The lowest BCUT2D eigenvalue weighted by Crippen LogP contribution is -2.47. The summed E-state index contributed by atoms with van der Waals surface area (Å²) in [5.41, 5.74) is 0. The van der Waals surface area contributed by atoms with Crippen molar-refractivity contribution in [1.29, 1.82) is 0 Å². The van der Waals surface area contributed by atoms with Crippen LogP contribution >= 0.6 is 0 Å². The van der Waals surface area contributed by atoms with E-state index in [4.69, 9.17) is 0 Å². The minimum atomic E-state index is -4.36. The number of hydrogen-bond donors (Lipinski definition) is 2. The van der Waals surface area contributed by atoms with Crippen molar-refractivity contribution in [3.8, 4) is 0 Å². The number of piperidine rings is 1. The highest BCUT2D eigenvalue weighted by atomic mass is 19.4. The predicted octanol–water partition coefficient (Wildman–Crippen LogP) is 1.37. The van der Waals surface area contributed by atoms with Gasteiger partial charge in [-0.25, -0.2) is 0 Å². The van der Waals surface area contributed by atoms with Gasteiger partial charge in [-0.05, 0) is 45.7 Å². The molecule has 1 heterocycles. The molecule has 1 atom stereocenters. The van der Waals surface area contributed by atoms with Crippen LogP contribution in [0.15, 0.2) is 0 Å². The highest BCUT2D eigenvalue weighted by molar-refractivity contribution is 5.78. The molecule has 1 aliphatic heterocycles. The molecule has 0 aromatic carbocycles. The SMILES string of the molecule is CC(C)N(CC(=O)NCC(F)(F)F)CC1CCCNC1. The van der Waals surface area contributed by atoms with Crippen molar-refractivity contribution in [2.75, 3.05) is 32.7 Å². The van der Waals surface area contributed by atoms with Crippen LogP contribution < -0.4 is 10.6 Å². The molecular formula is C13H24F3N3O. The third-order valence-electron chi connectivity index (χ3n) is 3.45. The van der Waals surface area contributed by atoms with E-state index in [0.29, 0.717) is 5.92 Å². The number of hydrogen-bond acceptors (Lipinski definition) is 3. The molecule has 0 saturated carbocycles. The maximum atomic E-state index is 12.0. The molecule has 1 amide bonds. The Morgan fingerprint density at radius 2 is 2.15 bits per heavy atom. The molecule has 0 radical (unpaired) electrons. The summed E-state index contributed by atoms with van der Waals surface area (Å²) in [4.78, 5) is 13.5. The summed E-state index contributed by atoms with van der Waals surface area (Å²) in [6.07, 6.45) is -2.15. The zero-order chi connectivity index (χ0) is 15.2. The molecule has 1 unspecified atom stereocenters. The van der Waals surface area contributed by atoms with Crippen molar-refractivity contribution in [3.63, 3.8) is 0 Å². The number of carbonyl (C=O) groups is 1. The molecule has 1 fully saturated rings. The number of carbonyl (C=O) groups excluding carboxylic acids is 1. The van der Waals surface area contributed by atoms with Gasteiger partial charge in [-0.2, -0.15) is 13.2 Å². The first-order valence-electron chi connectivity index (χ1n) is 7.06. The Bertz CT molecular complexity index is 302. The van der Waals surface area contributed by atoms with E-state index in [1.807, 2.05) is 24.1 Å². The molecule has 0 spiro atoms.